The van der Waals surface area contributed by atoms with Crippen molar-refractivity contribution in [1.82, 2.24) is 5.32 Å². The molecule has 1 aromatic carbocycles. The molecule has 20 heavy (non-hydrogen) atoms. The Morgan fingerprint density at radius 2 is 1.95 bits per heavy atom. The number of benzene rings is 1. The summed E-state index contributed by atoms with van der Waals surface area (Å²) in [7, 11) is 2.20. The monoisotopic (exact) mass is 340 g/mol. The second kappa shape index (κ2) is 7.46. The minimum atomic E-state index is 0.153. The van der Waals surface area contributed by atoms with E-state index in [4.69, 9.17) is 0 Å². The molecular formula is C17H29BrN2. The van der Waals surface area contributed by atoms with Crippen LogP contribution in [0.25, 0.3) is 0 Å². The van der Waals surface area contributed by atoms with E-state index < -0.39 is 0 Å². The Balaban J connectivity index is 3.13. The van der Waals surface area contributed by atoms with Gasteiger partial charge in [-0.25, -0.2) is 0 Å². The molecule has 0 spiro atoms. The molecular weight excluding hydrogens is 312 g/mol. The molecule has 0 saturated heterocycles. The number of nitrogens with zero attached hydrogens (tertiary/aromatic N) is 1. The Labute approximate surface area is 133 Å². The molecule has 1 rings (SSSR count). The van der Waals surface area contributed by atoms with E-state index in [1.807, 2.05) is 0 Å². The summed E-state index contributed by atoms with van der Waals surface area (Å²) in [6, 6.07) is 6.97. The minimum absolute atomic E-state index is 0.153. The fraction of sp³-hybridized carbons (Fsp3) is 0.647. The van der Waals surface area contributed by atoms with Gasteiger partial charge in [0, 0.05) is 28.8 Å². The lowest BCUT2D eigenvalue weighted by Crippen LogP contribution is -2.41. The van der Waals surface area contributed by atoms with Crippen LogP contribution < -0.4 is 10.2 Å². The van der Waals surface area contributed by atoms with Crippen molar-refractivity contribution in [3.8, 4) is 0 Å². The molecule has 3 heteroatoms. The summed E-state index contributed by atoms with van der Waals surface area (Å²) >= 11 is 3.61. The largest absolute Gasteiger partial charge is 0.369 e. The average molecular weight is 341 g/mol. The van der Waals surface area contributed by atoms with Crippen LogP contribution in [0.2, 0.25) is 0 Å². The highest BCUT2D eigenvalue weighted by Crippen LogP contribution is 2.33. The summed E-state index contributed by atoms with van der Waals surface area (Å²) in [6.07, 6.45) is 2.28. The number of rotatable bonds is 7. The van der Waals surface area contributed by atoms with Crippen molar-refractivity contribution in [2.75, 3.05) is 18.5 Å². The molecule has 0 aromatic heterocycles. The lowest BCUT2D eigenvalue weighted by atomic mass is 9.96. The van der Waals surface area contributed by atoms with Gasteiger partial charge >= 0.3 is 0 Å². The third-order valence-electron chi connectivity index (χ3n) is 4.29. The molecule has 1 N–H and O–H groups in total. The second-order valence-electron chi connectivity index (χ2n) is 6.10. The van der Waals surface area contributed by atoms with Crippen molar-refractivity contribution >= 4 is 21.6 Å². The lowest BCUT2D eigenvalue weighted by Gasteiger charge is -2.39. The molecule has 0 aliphatic carbocycles. The number of hydrogen-bond donors (Lipinski definition) is 1. The molecule has 2 nitrogen and oxygen atoms in total. The highest BCUT2D eigenvalue weighted by Gasteiger charge is 2.24. The zero-order chi connectivity index (χ0) is 15.3. The molecule has 0 bridgehead atoms. The number of halogens is 1. The van der Waals surface area contributed by atoms with Gasteiger partial charge < -0.3 is 10.2 Å². The summed E-state index contributed by atoms with van der Waals surface area (Å²) in [5.41, 5.74) is 2.83. The smallest absolute Gasteiger partial charge is 0.0427 e. The Hall–Kier alpha value is -0.540. The van der Waals surface area contributed by atoms with Gasteiger partial charge in [0.25, 0.3) is 0 Å². The summed E-state index contributed by atoms with van der Waals surface area (Å²) in [5, 5.41) is 3.59. The molecule has 0 heterocycles. The first kappa shape index (κ1) is 17.5. The quantitative estimate of drug-likeness (QED) is 0.739. The number of hydrogen-bond acceptors (Lipinski definition) is 2. The van der Waals surface area contributed by atoms with Gasteiger partial charge in [-0.05, 0) is 57.9 Å². The highest BCUT2D eigenvalue weighted by molar-refractivity contribution is 9.10. The Bertz CT molecular complexity index is 429. The van der Waals surface area contributed by atoms with Crippen LogP contribution in [0.4, 0.5) is 5.69 Å². The van der Waals surface area contributed by atoms with Crippen molar-refractivity contribution in [1.29, 1.82) is 0 Å². The highest BCUT2D eigenvalue weighted by atomic mass is 79.9. The Morgan fingerprint density at radius 3 is 2.50 bits per heavy atom. The van der Waals surface area contributed by atoms with Crippen molar-refractivity contribution in [3.05, 3.63) is 28.2 Å². The van der Waals surface area contributed by atoms with Crippen molar-refractivity contribution in [2.24, 2.45) is 0 Å². The van der Waals surface area contributed by atoms with Gasteiger partial charge in [0.05, 0.1) is 0 Å². The molecule has 1 unspecified atom stereocenters. The van der Waals surface area contributed by atoms with E-state index in [0.717, 1.165) is 23.9 Å². The van der Waals surface area contributed by atoms with E-state index in [9.17, 15) is 0 Å². The van der Waals surface area contributed by atoms with Crippen LogP contribution in [0.5, 0.6) is 0 Å². The van der Waals surface area contributed by atoms with Gasteiger partial charge in [0.1, 0.15) is 0 Å². The Kier molecular flexibility index (Phi) is 6.53. The fourth-order valence-electron chi connectivity index (χ4n) is 2.21. The van der Waals surface area contributed by atoms with E-state index in [2.05, 4.69) is 86.0 Å². The summed E-state index contributed by atoms with van der Waals surface area (Å²) in [6.45, 7) is 12.3. The zero-order valence-corrected chi connectivity index (χ0v) is 15.3. The summed E-state index contributed by atoms with van der Waals surface area (Å²) in [4.78, 5) is 2.40. The van der Waals surface area contributed by atoms with Gasteiger partial charge in [0.2, 0.25) is 0 Å². The third-order valence-corrected chi connectivity index (χ3v) is 4.79. The Morgan fingerprint density at radius 1 is 1.30 bits per heavy atom. The minimum Gasteiger partial charge on any atom is -0.369 e. The molecule has 1 atom stereocenters. The van der Waals surface area contributed by atoms with Gasteiger partial charge in [-0.1, -0.05) is 35.8 Å². The third kappa shape index (κ3) is 4.23. The van der Waals surface area contributed by atoms with Gasteiger partial charge in [-0.15, -0.1) is 0 Å². The molecule has 0 radical (unpaired) electrons. The number of nitrogens with one attached hydrogen (secondary N) is 1. The van der Waals surface area contributed by atoms with Gasteiger partial charge in [0.15, 0.2) is 0 Å². The maximum Gasteiger partial charge on any atom is 0.0427 e. The van der Waals surface area contributed by atoms with Crippen molar-refractivity contribution in [3.63, 3.8) is 0 Å². The molecule has 1 aromatic rings. The molecule has 0 aliphatic heterocycles. The van der Waals surface area contributed by atoms with Crippen molar-refractivity contribution in [2.45, 2.75) is 59.0 Å². The first-order valence-corrected chi connectivity index (χ1v) is 8.39. The molecule has 0 fully saturated rings. The van der Waals surface area contributed by atoms with E-state index in [0.29, 0.717) is 6.04 Å². The number of anilines is 1. The van der Waals surface area contributed by atoms with Crippen LogP contribution in [-0.2, 0) is 0 Å². The van der Waals surface area contributed by atoms with Crippen LogP contribution in [0.1, 0.15) is 59.1 Å². The van der Waals surface area contributed by atoms with Gasteiger partial charge in [-0.2, -0.15) is 0 Å². The lowest BCUT2D eigenvalue weighted by molar-refractivity contribution is 0.466. The fourth-order valence-corrected chi connectivity index (χ4v) is 2.56. The summed E-state index contributed by atoms with van der Waals surface area (Å²) < 4.78 is 1.14. The van der Waals surface area contributed by atoms with E-state index in [1.165, 1.54) is 11.3 Å². The van der Waals surface area contributed by atoms with E-state index >= 15 is 0 Å². The van der Waals surface area contributed by atoms with Crippen LogP contribution in [0.15, 0.2) is 22.7 Å². The van der Waals surface area contributed by atoms with Crippen LogP contribution >= 0.6 is 15.9 Å². The normalized spacial score (nSPS) is 13.3. The maximum absolute atomic E-state index is 3.61. The predicted octanol–water partition coefficient (Wildman–Crippen LogP) is 5.13. The second-order valence-corrected chi connectivity index (χ2v) is 7.02. The topological polar surface area (TPSA) is 15.3 Å². The first-order valence-electron chi connectivity index (χ1n) is 7.60. The molecule has 0 saturated carbocycles. The first-order chi connectivity index (χ1) is 9.33. The molecule has 0 amide bonds. The van der Waals surface area contributed by atoms with E-state index in [1.54, 1.807) is 0 Å². The zero-order valence-electron chi connectivity index (χ0n) is 13.8. The van der Waals surface area contributed by atoms with Crippen LogP contribution in [-0.4, -0.2) is 19.1 Å². The molecule has 114 valence electrons. The van der Waals surface area contributed by atoms with Gasteiger partial charge in [-0.3, -0.25) is 0 Å². The van der Waals surface area contributed by atoms with Crippen LogP contribution in [0.3, 0.4) is 0 Å². The predicted molar refractivity (Wildman–Crippen MR) is 93.6 cm³/mol. The maximum atomic E-state index is 3.61. The SMILES string of the molecule is CCCNC(C)c1ccc(Br)cc1N(C)C(C)(C)CC. The summed E-state index contributed by atoms with van der Waals surface area (Å²) in [5.74, 6) is 0. The molecule has 0 aliphatic rings. The van der Waals surface area contributed by atoms with Crippen LogP contribution in [0, 0.1) is 0 Å². The average Bonchev–Trinajstić information content (AvgIpc) is 2.43. The van der Waals surface area contributed by atoms with Crippen molar-refractivity contribution < 1.29 is 0 Å². The van der Waals surface area contributed by atoms with E-state index in [-0.39, 0.29) is 5.54 Å². The standard InChI is InChI=1S/C17H29BrN2/c1-7-11-19-13(3)15-10-9-14(18)12-16(15)20(6)17(4,5)8-2/h9-10,12-13,19H,7-8,11H2,1-6H3.